The first-order valence-corrected chi connectivity index (χ1v) is 11.0. The van der Waals surface area contributed by atoms with Crippen LogP contribution >= 0.6 is 0 Å². The molecule has 0 spiro atoms. The van der Waals surface area contributed by atoms with Crippen molar-refractivity contribution >= 4 is 23.1 Å². The van der Waals surface area contributed by atoms with E-state index in [1.165, 1.54) is 12.1 Å². The van der Waals surface area contributed by atoms with Crippen molar-refractivity contribution < 1.29 is 33.7 Å². The van der Waals surface area contributed by atoms with E-state index < -0.39 is 42.9 Å². The monoisotopic (exact) mass is 482 g/mol. The number of rotatable bonds is 7. The molecule has 4 rings (SSSR count). The fraction of sp³-hybridized carbons (Fsp3) is 0.231. The van der Waals surface area contributed by atoms with Crippen LogP contribution < -0.4 is 10.6 Å². The predicted octanol–water partition coefficient (Wildman–Crippen LogP) is 2.48. The molecular weight excluding hydrogens is 458 g/mol. The third-order valence-corrected chi connectivity index (χ3v) is 6.13. The Bertz CT molecular complexity index is 1280. The van der Waals surface area contributed by atoms with E-state index in [0.717, 1.165) is 23.3 Å². The van der Waals surface area contributed by atoms with Gasteiger partial charge in [-0.1, -0.05) is 6.07 Å². The van der Waals surface area contributed by atoms with Crippen LogP contribution in [0.2, 0.25) is 0 Å². The van der Waals surface area contributed by atoms with Crippen LogP contribution in [0, 0.1) is 11.6 Å². The van der Waals surface area contributed by atoms with Crippen molar-refractivity contribution in [1.82, 2.24) is 5.32 Å². The summed E-state index contributed by atoms with van der Waals surface area (Å²) in [6, 6.07) is 12.9. The minimum Gasteiger partial charge on any atom is -0.394 e. The molecule has 0 aliphatic heterocycles. The number of halogens is 2. The number of hydrogen-bond acceptors (Lipinski definition) is 6. The number of aliphatic hydroxyl groups is 3. The second-order valence-corrected chi connectivity index (χ2v) is 8.53. The van der Waals surface area contributed by atoms with Crippen molar-refractivity contribution in [3.8, 4) is 0 Å². The highest BCUT2D eigenvalue weighted by Gasteiger charge is 2.31. The van der Waals surface area contributed by atoms with E-state index in [1.807, 2.05) is 0 Å². The van der Waals surface area contributed by atoms with Gasteiger partial charge in [0.15, 0.2) is 5.78 Å². The lowest BCUT2D eigenvalue weighted by Gasteiger charge is -2.28. The van der Waals surface area contributed by atoms with Crippen molar-refractivity contribution in [2.45, 2.75) is 18.4 Å². The standard InChI is InChI=1S/C26H24F2N2O5/c27-18-5-8-23(22(28)11-18)29-19-6-7-20-16(9-19)3-1-15-2-4-17(10-21(15)24(20)34)25(35)30-26(12-31,13-32)14-33/h2,4-11,29,31-33H,1,3,12-14H2,(H,30,35). The van der Waals surface area contributed by atoms with Crippen molar-refractivity contribution in [2.75, 3.05) is 25.1 Å². The number of amides is 1. The largest absolute Gasteiger partial charge is 0.394 e. The highest BCUT2D eigenvalue weighted by Crippen LogP contribution is 2.29. The van der Waals surface area contributed by atoms with E-state index in [2.05, 4.69) is 10.6 Å². The Morgan fingerprint density at radius 3 is 2.26 bits per heavy atom. The molecule has 7 nitrogen and oxygen atoms in total. The average molecular weight is 482 g/mol. The first-order valence-electron chi connectivity index (χ1n) is 11.0. The zero-order valence-corrected chi connectivity index (χ0v) is 18.6. The minimum absolute atomic E-state index is 0.106. The summed E-state index contributed by atoms with van der Waals surface area (Å²) < 4.78 is 27.2. The molecule has 182 valence electrons. The number of fused-ring (bicyclic) bond motifs is 2. The number of carbonyl (C=O) groups is 2. The zero-order chi connectivity index (χ0) is 25.2. The molecule has 0 bridgehead atoms. The molecule has 0 fully saturated rings. The quantitative estimate of drug-likeness (QED) is 0.353. The lowest BCUT2D eigenvalue weighted by molar-refractivity contribution is 0.0375. The normalized spacial score (nSPS) is 13.0. The highest BCUT2D eigenvalue weighted by molar-refractivity contribution is 6.12. The molecule has 0 heterocycles. The first-order chi connectivity index (χ1) is 16.8. The lowest BCUT2D eigenvalue weighted by Crippen LogP contribution is -2.57. The molecule has 0 aromatic heterocycles. The van der Waals surface area contributed by atoms with Crippen LogP contribution in [0.1, 0.15) is 37.4 Å². The van der Waals surface area contributed by atoms with Gasteiger partial charge < -0.3 is 26.0 Å². The molecular formula is C26H24F2N2O5. The van der Waals surface area contributed by atoms with E-state index in [9.17, 15) is 33.7 Å². The van der Waals surface area contributed by atoms with Gasteiger partial charge >= 0.3 is 0 Å². The fourth-order valence-corrected chi connectivity index (χ4v) is 3.99. The van der Waals surface area contributed by atoms with Gasteiger partial charge in [0.25, 0.3) is 5.91 Å². The summed E-state index contributed by atoms with van der Waals surface area (Å²) >= 11 is 0. The van der Waals surface area contributed by atoms with Gasteiger partial charge in [0.2, 0.25) is 0 Å². The lowest BCUT2D eigenvalue weighted by atomic mass is 9.96. The molecule has 0 radical (unpaired) electrons. The summed E-state index contributed by atoms with van der Waals surface area (Å²) in [7, 11) is 0. The smallest absolute Gasteiger partial charge is 0.251 e. The van der Waals surface area contributed by atoms with Gasteiger partial charge in [0.1, 0.15) is 17.2 Å². The molecule has 0 atom stereocenters. The van der Waals surface area contributed by atoms with Gasteiger partial charge in [-0.05, 0) is 66.4 Å². The summed E-state index contributed by atoms with van der Waals surface area (Å²) in [5.41, 5.74) is 1.49. The maximum Gasteiger partial charge on any atom is 0.251 e. The topological polar surface area (TPSA) is 119 Å². The minimum atomic E-state index is -1.59. The SMILES string of the molecule is O=C(NC(CO)(CO)CO)c1ccc2c(c1)C(=O)c1ccc(Nc3ccc(F)cc3F)cc1CC2. The van der Waals surface area contributed by atoms with Crippen LogP contribution in [0.25, 0.3) is 0 Å². The number of hydrogen-bond donors (Lipinski definition) is 5. The number of ketones is 1. The summed E-state index contributed by atoms with van der Waals surface area (Å²) in [4.78, 5) is 26.1. The number of aliphatic hydroxyl groups excluding tert-OH is 3. The molecule has 1 amide bonds. The third kappa shape index (κ3) is 4.93. The Morgan fingerprint density at radius 1 is 0.857 bits per heavy atom. The van der Waals surface area contributed by atoms with Crippen molar-refractivity contribution in [3.05, 3.63) is 94.0 Å². The van der Waals surface area contributed by atoms with Gasteiger partial charge in [-0.2, -0.15) is 0 Å². The second-order valence-electron chi connectivity index (χ2n) is 8.53. The summed E-state index contributed by atoms with van der Waals surface area (Å²) in [5, 5.41) is 33.7. The van der Waals surface area contributed by atoms with Crippen molar-refractivity contribution in [3.63, 3.8) is 0 Å². The summed E-state index contributed by atoms with van der Waals surface area (Å²) in [6.07, 6.45) is 1.06. The van der Waals surface area contributed by atoms with Gasteiger partial charge in [-0.25, -0.2) is 8.78 Å². The number of benzene rings is 3. The van der Waals surface area contributed by atoms with Crippen LogP contribution in [0.5, 0.6) is 0 Å². The first kappa shape index (κ1) is 24.5. The Balaban J connectivity index is 1.61. The molecule has 5 N–H and O–H groups in total. The number of aryl methyl sites for hydroxylation is 2. The number of anilines is 2. The van der Waals surface area contributed by atoms with Gasteiger partial charge in [0.05, 0.1) is 25.5 Å². The van der Waals surface area contributed by atoms with E-state index in [-0.39, 0.29) is 17.0 Å². The summed E-state index contributed by atoms with van der Waals surface area (Å²) in [5.74, 6) is -2.34. The van der Waals surface area contributed by atoms with E-state index in [4.69, 9.17) is 0 Å². The maximum atomic E-state index is 14.0. The molecule has 35 heavy (non-hydrogen) atoms. The molecule has 3 aromatic rings. The van der Waals surface area contributed by atoms with E-state index in [0.29, 0.717) is 29.7 Å². The van der Waals surface area contributed by atoms with E-state index >= 15 is 0 Å². The molecule has 0 saturated carbocycles. The fourth-order valence-electron chi connectivity index (χ4n) is 3.99. The number of carbonyl (C=O) groups excluding carboxylic acids is 2. The Hall–Kier alpha value is -3.66. The molecule has 0 saturated heterocycles. The van der Waals surface area contributed by atoms with Crippen molar-refractivity contribution in [1.29, 1.82) is 0 Å². The zero-order valence-electron chi connectivity index (χ0n) is 18.6. The molecule has 3 aromatic carbocycles. The maximum absolute atomic E-state index is 14.0. The van der Waals surface area contributed by atoms with Crippen LogP contribution in [0.3, 0.4) is 0 Å². The van der Waals surface area contributed by atoms with Crippen LogP contribution in [0.15, 0.2) is 54.6 Å². The second kappa shape index (κ2) is 9.91. The highest BCUT2D eigenvalue weighted by atomic mass is 19.1. The van der Waals surface area contributed by atoms with Gasteiger partial charge in [-0.3, -0.25) is 9.59 Å². The summed E-state index contributed by atoms with van der Waals surface area (Å²) in [6.45, 7) is -2.00. The molecule has 1 aliphatic rings. The van der Waals surface area contributed by atoms with Gasteiger partial charge in [0, 0.05) is 28.4 Å². The van der Waals surface area contributed by atoms with E-state index in [1.54, 1.807) is 30.3 Å². The van der Waals surface area contributed by atoms with Crippen LogP contribution in [-0.2, 0) is 12.8 Å². The van der Waals surface area contributed by atoms with Crippen molar-refractivity contribution in [2.24, 2.45) is 0 Å². The van der Waals surface area contributed by atoms with Crippen LogP contribution in [-0.4, -0.2) is 52.4 Å². The molecule has 0 unspecified atom stereocenters. The third-order valence-electron chi connectivity index (χ3n) is 6.13. The Labute approximate surface area is 200 Å². The Kier molecular flexibility index (Phi) is 6.93. The Morgan fingerprint density at radius 2 is 1.57 bits per heavy atom. The molecule has 1 aliphatic carbocycles. The van der Waals surface area contributed by atoms with Gasteiger partial charge in [-0.15, -0.1) is 0 Å². The molecule has 9 heteroatoms. The predicted molar refractivity (Wildman–Crippen MR) is 125 cm³/mol. The number of nitrogens with one attached hydrogen (secondary N) is 2. The average Bonchev–Trinajstić information content (AvgIpc) is 3.00. The van der Waals surface area contributed by atoms with Crippen LogP contribution in [0.4, 0.5) is 20.2 Å².